The minimum Gasteiger partial charge on any atom is -0.356 e. The van der Waals surface area contributed by atoms with Gasteiger partial charge in [0.1, 0.15) is 0 Å². The largest absolute Gasteiger partial charge is 0.356 e. The lowest BCUT2D eigenvalue weighted by Gasteiger charge is -2.08. The second-order valence-corrected chi connectivity index (χ2v) is 8.36. The van der Waals surface area contributed by atoms with E-state index in [1.54, 1.807) is 0 Å². The highest BCUT2D eigenvalue weighted by molar-refractivity contribution is 5.75. The SMILES string of the molecule is CCCCCCCCCCCCCCCCCC(=O)NCCC[NH+](C)C. The zero-order valence-corrected chi connectivity index (χ0v) is 18.3. The Morgan fingerprint density at radius 3 is 1.50 bits per heavy atom. The summed E-state index contributed by atoms with van der Waals surface area (Å²) in [6, 6.07) is 0. The Balaban J connectivity index is 3.11. The molecule has 2 N–H and O–H groups in total. The van der Waals surface area contributed by atoms with Gasteiger partial charge in [0.15, 0.2) is 0 Å². The second-order valence-electron chi connectivity index (χ2n) is 8.36. The number of carbonyl (C=O) groups is 1. The van der Waals surface area contributed by atoms with E-state index in [1.165, 1.54) is 94.8 Å². The lowest BCUT2D eigenvalue weighted by Crippen LogP contribution is -3.05. The molecule has 0 radical (unpaired) electrons. The van der Waals surface area contributed by atoms with Crippen LogP contribution in [0.25, 0.3) is 0 Å². The number of quaternary nitrogens is 1. The van der Waals surface area contributed by atoms with Crippen LogP contribution >= 0.6 is 0 Å². The van der Waals surface area contributed by atoms with Gasteiger partial charge in [0.2, 0.25) is 5.91 Å². The molecular formula is C23H49N2O+. The first-order valence-corrected chi connectivity index (χ1v) is 11.7. The molecule has 0 unspecified atom stereocenters. The minimum atomic E-state index is 0.244. The molecule has 0 aromatic rings. The third kappa shape index (κ3) is 21.5. The van der Waals surface area contributed by atoms with E-state index < -0.39 is 0 Å². The van der Waals surface area contributed by atoms with Gasteiger partial charge < -0.3 is 10.2 Å². The smallest absolute Gasteiger partial charge is 0.219 e. The number of hydrogen-bond acceptors (Lipinski definition) is 1. The molecule has 0 atom stereocenters. The molecule has 1 amide bonds. The summed E-state index contributed by atoms with van der Waals surface area (Å²) in [6.45, 7) is 4.24. The Morgan fingerprint density at radius 1 is 0.654 bits per heavy atom. The van der Waals surface area contributed by atoms with Gasteiger partial charge >= 0.3 is 0 Å². The van der Waals surface area contributed by atoms with Crippen molar-refractivity contribution in [2.75, 3.05) is 27.2 Å². The number of unbranched alkanes of at least 4 members (excludes halogenated alkanes) is 14. The van der Waals surface area contributed by atoms with Crippen molar-refractivity contribution < 1.29 is 9.69 Å². The first-order valence-electron chi connectivity index (χ1n) is 11.7. The summed E-state index contributed by atoms with van der Waals surface area (Å²) in [7, 11) is 4.30. The maximum atomic E-state index is 11.7. The van der Waals surface area contributed by atoms with Crippen molar-refractivity contribution in [1.29, 1.82) is 0 Å². The molecule has 156 valence electrons. The molecule has 0 saturated carbocycles. The van der Waals surface area contributed by atoms with Crippen LogP contribution in [0.15, 0.2) is 0 Å². The maximum Gasteiger partial charge on any atom is 0.219 e. The predicted molar refractivity (Wildman–Crippen MR) is 115 cm³/mol. The van der Waals surface area contributed by atoms with Gasteiger partial charge in [-0.05, 0) is 6.42 Å². The molecule has 0 aromatic heterocycles. The predicted octanol–water partition coefficient (Wildman–Crippen LogP) is 4.90. The fourth-order valence-electron chi connectivity index (χ4n) is 3.42. The van der Waals surface area contributed by atoms with Crippen molar-refractivity contribution in [3.63, 3.8) is 0 Å². The van der Waals surface area contributed by atoms with Crippen molar-refractivity contribution in [1.82, 2.24) is 5.32 Å². The topological polar surface area (TPSA) is 33.5 Å². The number of hydrogen-bond donors (Lipinski definition) is 2. The Bertz CT molecular complexity index is 292. The molecule has 0 saturated heterocycles. The van der Waals surface area contributed by atoms with E-state index in [1.807, 2.05) is 0 Å². The van der Waals surface area contributed by atoms with Gasteiger partial charge in [-0.25, -0.2) is 0 Å². The van der Waals surface area contributed by atoms with Crippen LogP contribution in [-0.2, 0) is 4.79 Å². The monoisotopic (exact) mass is 369 g/mol. The lowest BCUT2D eigenvalue weighted by molar-refractivity contribution is -0.858. The van der Waals surface area contributed by atoms with Crippen LogP contribution in [0.1, 0.15) is 116 Å². The highest BCUT2D eigenvalue weighted by atomic mass is 16.1. The number of rotatable bonds is 20. The molecule has 0 spiro atoms. The van der Waals surface area contributed by atoms with Crippen LogP contribution in [0.3, 0.4) is 0 Å². The Hall–Kier alpha value is -0.570. The van der Waals surface area contributed by atoms with Gasteiger partial charge in [-0.2, -0.15) is 0 Å². The summed E-state index contributed by atoms with van der Waals surface area (Å²) < 4.78 is 0. The van der Waals surface area contributed by atoms with Gasteiger partial charge in [-0.15, -0.1) is 0 Å². The van der Waals surface area contributed by atoms with Gasteiger partial charge in [0.05, 0.1) is 20.6 Å². The molecule has 3 heteroatoms. The third-order valence-electron chi connectivity index (χ3n) is 5.18. The van der Waals surface area contributed by atoms with Crippen LogP contribution in [-0.4, -0.2) is 33.1 Å². The molecular weight excluding hydrogens is 320 g/mol. The maximum absolute atomic E-state index is 11.7. The van der Waals surface area contributed by atoms with Crippen molar-refractivity contribution in [2.45, 2.75) is 116 Å². The summed E-state index contributed by atoms with van der Waals surface area (Å²) in [5.41, 5.74) is 0. The first kappa shape index (κ1) is 25.4. The van der Waals surface area contributed by atoms with Gasteiger partial charge in [-0.1, -0.05) is 96.8 Å². The Labute approximate surface area is 164 Å². The molecule has 0 aliphatic carbocycles. The third-order valence-corrected chi connectivity index (χ3v) is 5.18. The van der Waals surface area contributed by atoms with Crippen molar-refractivity contribution in [3.8, 4) is 0 Å². The normalized spacial score (nSPS) is 11.2. The highest BCUT2D eigenvalue weighted by Gasteiger charge is 2.01. The molecule has 0 aliphatic rings. The molecule has 26 heavy (non-hydrogen) atoms. The number of nitrogens with one attached hydrogen (secondary N) is 2. The van der Waals surface area contributed by atoms with E-state index in [9.17, 15) is 4.79 Å². The van der Waals surface area contributed by atoms with Crippen LogP contribution < -0.4 is 10.2 Å². The van der Waals surface area contributed by atoms with Crippen molar-refractivity contribution >= 4 is 5.91 Å². The average Bonchev–Trinajstić information content (AvgIpc) is 2.62. The van der Waals surface area contributed by atoms with Crippen LogP contribution in [0.5, 0.6) is 0 Å². The molecule has 3 nitrogen and oxygen atoms in total. The fourth-order valence-corrected chi connectivity index (χ4v) is 3.42. The lowest BCUT2D eigenvalue weighted by atomic mass is 10.0. The molecule has 0 fully saturated rings. The second kappa shape index (κ2) is 20.7. The van der Waals surface area contributed by atoms with E-state index in [0.717, 1.165) is 25.9 Å². The Kier molecular flexibility index (Phi) is 20.3. The minimum absolute atomic E-state index is 0.244. The van der Waals surface area contributed by atoms with E-state index in [2.05, 4.69) is 26.3 Å². The fraction of sp³-hybridized carbons (Fsp3) is 0.957. The van der Waals surface area contributed by atoms with Gasteiger partial charge in [0, 0.05) is 19.4 Å². The van der Waals surface area contributed by atoms with Crippen LogP contribution in [0.4, 0.5) is 0 Å². The van der Waals surface area contributed by atoms with Crippen LogP contribution in [0.2, 0.25) is 0 Å². The number of amides is 1. The van der Waals surface area contributed by atoms with Crippen molar-refractivity contribution in [3.05, 3.63) is 0 Å². The van der Waals surface area contributed by atoms with E-state index in [4.69, 9.17) is 0 Å². The Morgan fingerprint density at radius 2 is 1.08 bits per heavy atom. The molecule has 0 bridgehead atoms. The van der Waals surface area contributed by atoms with E-state index >= 15 is 0 Å². The first-order chi connectivity index (χ1) is 12.7. The summed E-state index contributed by atoms with van der Waals surface area (Å²) >= 11 is 0. The summed E-state index contributed by atoms with van der Waals surface area (Å²) in [5.74, 6) is 0.244. The van der Waals surface area contributed by atoms with Gasteiger partial charge in [-0.3, -0.25) is 4.79 Å². The average molecular weight is 370 g/mol. The molecule has 0 rings (SSSR count). The zero-order chi connectivity index (χ0) is 19.3. The quantitative estimate of drug-likeness (QED) is 0.294. The molecule has 0 heterocycles. The summed E-state index contributed by atoms with van der Waals surface area (Å²) in [4.78, 5) is 13.1. The molecule has 0 aromatic carbocycles. The van der Waals surface area contributed by atoms with Crippen molar-refractivity contribution in [2.24, 2.45) is 0 Å². The summed E-state index contributed by atoms with van der Waals surface area (Å²) in [5, 5.41) is 3.04. The highest BCUT2D eigenvalue weighted by Crippen LogP contribution is 2.13. The van der Waals surface area contributed by atoms with Gasteiger partial charge in [0.25, 0.3) is 0 Å². The standard InChI is InChI=1S/C23H48N2O/c1-4-5-6-7-8-9-10-11-12-13-14-15-16-17-18-20-23(26)24-21-19-22-25(2)3/h4-22H2,1-3H3,(H,24,26)/p+1. The summed E-state index contributed by atoms with van der Waals surface area (Å²) in [6.07, 6.45) is 22.4. The van der Waals surface area contributed by atoms with Crippen LogP contribution in [0, 0.1) is 0 Å². The van der Waals surface area contributed by atoms with E-state index in [0.29, 0.717) is 6.42 Å². The number of carbonyl (C=O) groups excluding carboxylic acids is 1. The van der Waals surface area contributed by atoms with E-state index in [-0.39, 0.29) is 5.91 Å². The zero-order valence-electron chi connectivity index (χ0n) is 18.3. The molecule has 0 aliphatic heterocycles.